The molecule has 1 saturated carbocycles. The Morgan fingerprint density at radius 2 is 1.95 bits per heavy atom. The summed E-state index contributed by atoms with van der Waals surface area (Å²) >= 11 is 6.44. The normalized spacial score (nSPS) is 21.9. The highest BCUT2D eigenvalue weighted by Gasteiger charge is 2.42. The number of nitro groups is 1. The maximum absolute atomic E-state index is 11.3. The third-order valence-electron chi connectivity index (χ3n) is 2.77. The highest BCUT2D eigenvalue weighted by molar-refractivity contribution is 9.11. The van der Waals surface area contributed by atoms with Crippen LogP contribution in [0.25, 0.3) is 0 Å². The van der Waals surface area contributed by atoms with Crippen LogP contribution < -0.4 is 4.74 Å². The second-order valence-corrected chi connectivity index (χ2v) is 5.69. The summed E-state index contributed by atoms with van der Waals surface area (Å²) < 4.78 is 11.6. The number of halogens is 2. The van der Waals surface area contributed by atoms with Crippen molar-refractivity contribution in [3.8, 4) is 5.75 Å². The van der Waals surface area contributed by atoms with Crippen molar-refractivity contribution in [1.29, 1.82) is 0 Å². The predicted molar refractivity (Wildman–Crippen MR) is 73.3 cm³/mol. The lowest BCUT2D eigenvalue weighted by atomic mass is 9.90. The predicted octanol–water partition coefficient (Wildman–Crippen LogP) is 2.86. The molecule has 1 aromatic carbocycles. The van der Waals surface area contributed by atoms with Crippen molar-refractivity contribution in [3.63, 3.8) is 0 Å². The third-order valence-corrected chi connectivity index (χ3v) is 3.95. The standard InChI is InChI=1S/C11H9Br2NO5/c1-18-11-8(15)4-9(11)19-10-6(12)2-5(14(16)17)3-7(10)13/h2-3,9,11H,4H2,1H3. The van der Waals surface area contributed by atoms with E-state index in [1.165, 1.54) is 19.2 Å². The monoisotopic (exact) mass is 393 g/mol. The quantitative estimate of drug-likeness (QED) is 0.579. The Kier molecular flexibility index (Phi) is 4.22. The topological polar surface area (TPSA) is 78.7 Å². The van der Waals surface area contributed by atoms with Gasteiger partial charge < -0.3 is 9.47 Å². The molecule has 102 valence electrons. The van der Waals surface area contributed by atoms with E-state index in [0.29, 0.717) is 14.7 Å². The summed E-state index contributed by atoms with van der Waals surface area (Å²) in [5.41, 5.74) is -0.0564. The molecule has 8 heteroatoms. The molecular formula is C11H9Br2NO5. The van der Waals surface area contributed by atoms with Crippen LogP contribution >= 0.6 is 31.9 Å². The van der Waals surface area contributed by atoms with E-state index in [2.05, 4.69) is 31.9 Å². The number of Topliss-reactive ketones (excluding diaryl/α,β-unsaturated/α-hetero) is 1. The molecule has 1 aromatic rings. The van der Waals surface area contributed by atoms with Gasteiger partial charge in [0.1, 0.15) is 11.9 Å². The average molecular weight is 395 g/mol. The minimum Gasteiger partial charge on any atom is -0.484 e. The van der Waals surface area contributed by atoms with Crippen molar-refractivity contribution in [3.05, 3.63) is 31.2 Å². The highest BCUT2D eigenvalue weighted by atomic mass is 79.9. The van der Waals surface area contributed by atoms with Gasteiger partial charge in [0.25, 0.3) is 5.69 Å². The van der Waals surface area contributed by atoms with Gasteiger partial charge in [0, 0.05) is 25.7 Å². The average Bonchev–Trinajstić information content (AvgIpc) is 2.32. The number of non-ortho nitro benzene ring substituents is 1. The molecule has 0 radical (unpaired) electrons. The number of carbonyl (C=O) groups excluding carboxylic acids is 1. The van der Waals surface area contributed by atoms with Gasteiger partial charge in [-0.15, -0.1) is 0 Å². The first-order valence-electron chi connectivity index (χ1n) is 5.29. The fourth-order valence-electron chi connectivity index (χ4n) is 1.77. The number of nitrogens with zero attached hydrogens (tertiary/aromatic N) is 1. The van der Waals surface area contributed by atoms with Crippen LogP contribution in [-0.2, 0) is 9.53 Å². The largest absolute Gasteiger partial charge is 0.484 e. The minimum absolute atomic E-state index is 0.0124. The first-order chi connectivity index (χ1) is 8.93. The summed E-state index contributed by atoms with van der Waals surface area (Å²) in [4.78, 5) is 21.5. The summed E-state index contributed by atoms with van der Waals surface area (Å²) in [5.74, 6) is 0.409. The fourth-order valence-corrected chi connectivity index (χ4v) is 3.12. The van der Waals surface area contributed by atoms with Gasteiger partial charge in [0.2, 0.25) is 0 Å². The zero-order chi connectivity index (χ0) is 14.2. The van der Waals surface area contributed by atoms with E-state index in [0.717, 1.165) is 0 Å². The van der Waals surface area contributed by atoms with E-state index in [-0.39, 0.29) is 24.0 Å². The Morgan fingerprint density at radius 1 is 1.37 bits per heavy atom. The van der Waals surface area contributed by atoms with Crippen LogP contribution in [0.2, 0.25) is 0 Å². The molecule has 19 heavy (non-hydrogen) atoms. The van der Waals surface area contributed by atoms with E-state index in [1.807, 2.05) is 0 Å². The molecule has 0 heterocycles. The summed E-state index contributed by atoms with van der Waals surface area (Å²) in [5, 5.41) is 10.7. The summed E-state index contributed by atoms with van der Waals surface area (Å²) in [7, 11) is 1.44. The van der Waals surface area contributed by atoms with Crippen molar-refractivity contribution >= 4 is 43.3 Å². The first-order valence-corrected chi connectivity index (χ1v) is 6.88. The number of ether oxygens (including phenoxy) is 2. The Morgan fingerprint density at radius 3 is 2.37 bits per heavy atom. The molecule has 0 bridgehead atoms. The number of nitro benzene ring substituents is 1. The van der Waals surface area contributed by atoms with Crippen molar-refractivity contribution in [2.75, 3.05) is 7.11 Å². The molecule has 0 spiro atoms. The lowest BCUT2D eigenvalue weighted by Crippen LogP contribution is -2.51. The molecule has 2 atom stereocenters. The fraction of sp³-hybridized carbons (Fsp3) is 0.364. The van der Waals surface area contributed by atoms with Crippen LogP contribution in [0.1, 0.15) is 6.42 Å². The molecule has 2 unspecified atom stereocenters. The second kappa shape index (κ2) is 5.56. The molecule has 0 N–H and O–H groups in total. The molecule has 0 amide bonds. The van der Waals surface area contributed by atoms with Crippen LogP contribution in [0.5, 0.6) is 5.75 Å². The number of benzene rings is 1. The maximum atomic E-state index is 11.3. The van der Waals surface area contributed by atoms with Gasteiger partial charge in [0.05, 0.1) is 13.9 Å². The Bertz CT molecular complexity index is 525. The van der Waals surface area contributed by atoms with E-state index in [1.54, 1.807) is 0 Å². The molecule has 0 saturated heterocycles. The molecule has 0 aromatic heterocycles. The Labute approximate surface area is 125 Å². The maximum Gasteiger partial charge on any atom is 0.271 e. The Balaban J connectivity index is 2.22. The third kappa shape index (κ3) is 2.80. The second-order valence-electron chi connectivity index (χ2n) is 3.98. The van der Waals surface area contributed by atoms with Crippen LogP contribution in [0.4, 0.5) is 5.69 Å². The van der Waals surface area contributed by atoms with E-state index < -0.39 is 11.0 Å². The molecule has 6 nitrogen and oxygen atoms in total. The van der Waals surface area contributed by atoms with Gasteiger partial charge in [-0.2, -0.15) is 0 Å². The van der Waals surface area contributed by atoms with Gasteiger partial charge in [-0.25, -0.2) is 0 Å². The van der Waals surface area contributed by atoms with Gasteiger partial charge >= 0.3 is 0 Å². The van der Waals surface area contributed by atoms with Crippen molar-refractivity contribution in [2.45, 2.75) is 18.6 Å². The molecule has 1 fully saturated rings. The molecule has 1 aliphatic rings. The van der Waals surface area contributed by atoms with Gasteiger partial charge in [-0.05, 0) is 31.9 Å². The Hall–Kier alpha value is -0.990. The van der Waals surface area contributed by atoms with E-state index in [4.69, 9.17) is 9.47 Å². The number of carbonyl (C=O) groups is 1. The van der Waals surface area contributed by atoms with Crippen molar-refractivity contribution in [1.82, 2.24) is 0 Å². The lowest BCUT2D eigenvalue weighted by Gasteiger charge is -2.34. The summed E-state index contributed by atoms with van der Waals surface area (Å²) in [6.45, 7) is 0. The van der Waals surface area contributed by atoms with E-state index in [9.17, 15) is 14.9 Å². The number of rotatable bonds is 4. The summed E-state index contributed by atoms with van der Waals surface area (Å²) in [6, 6.07) is 2.70. The number of hydrogen-bond donors (Lipinski definition) is 0. The smallest absolute Gasteiger partial charge is 0.271 e. The minimum atomic E-state index is -0.575. The SMILES string of the molecule is COC1C(=O)CC1Oc1c(Br)cc([N+](=O)[O-])cc1Br. The lowest BCUT2D eigenvalue weighted by molar-refractivity contribution is -0.385. The molecular weight excluding hydrogens is 386 g/mol. The molecule has 0 aliphatic heterocycles. The number of methoxy groups -OCH3 is 1. The summed E-state index contributed by atoms with van der Waals surface area (Å²) in [6.07, 6.45) is -0.672. The number of ketones is 1. The highest BCUT2D eigenvalue weighted by Crippen LogP contribution is 2.39. The van der Waals surface area contributed by atoms with Crippen molar-refractivity contribution < 1.29 is 19.2 Å². The zero-order valence-electron chi connectivity index (χ0n) is 9.76. The number of hydrogen-bond acceptors (Lipinski definition) is 5. The van der Waals surface area contributed by atoms with Gasteiger partial charge in [0.15, 0.2) is 11.9 Å². The van der Waals surface area contributed by atoms with Crippen LogP contribution in [0, 0.1) is 10.1 Å². The van der Waals surface area contributed by atoms with Gasteiger partial charge in [-0.3, -0.25) is 14.9 Å². The first kappa shape index (κ1) is 14.4. The zero-order valence-corrected chi connectivity index (χ0v) is 12.9. The van der Waals surface area contributed by atoms with Crippen molar-refractivity contribution in [2.24, 2.45) is 0 Å². The molecule has 2 rings (SSSR count). The molecule has 1 aliphatic carbocycles. The van der Waals surface area contributed by atoms with Crippen LogP contribution in [-0.4, -0.2) is 30.0 Å². The van der Waals surface area contributed by atoms with Gasteiger partial charge in [-0.1, -0.05) is 0 Å². The van der Waals surface area contributed by atoms with Crippen LogP contribution in [0.3, 0.4) is 0 Å². The van der Waals surface area contributed by atoms with Crippen LogP contribution in [0.15, 0.2) is 21.1 Å². The van der Waals surface area contributed by atoms with E-state index >= 15 is 0 Å².